The molecule has 0 atom stereocenters. The molecule has 2 heteroatoms. The Morgan fingerprint density at radius 2 is 1.46 bits per heavy atom. The van der Waals surface area contributed by atoms with Crippen molar-refractivity contribution in [3.8, 4) is 0 Å². The molecule has 2 aromatic carbocycles. The second kappa shape index (κ2) is 6.26. The standard InChI is InChI=1S/C24H31NO/c1-22(2)19-13-12-17(16-20(19)23(3,4)24(22,5)6)14-15-25-21(26)18-10-8-7-9-11-18/h7-13,16H,14-15H2,1-6H3,(H,25,26). The van der Waals surface area contributed by atoms with Gasteiger partial charge in [-0.05, 0) is 51.5 Å². The van der Waals surface area contributed by atoms with E-state index in [0.717, 1.165) is 6.42 Å². The summed E-state index contributed by atoms with van der Waals surface area (Å²) in [5.41, 5.74) is 5.37. The SMILES string of the molecule is CC1(C)c2ccc(CCNC(=O)c3ccccc3)cc2C(C)(C)C1(C)C. The van der Waals surface area contributed by atoms with Gasteiger partial charge in [-0.2, -0.15) is 0 Å². The maximum atomic E-state index is 12.2. The summed E-state index contributed by atoms with van der Waals surface area (Å²) < 4.78 is 0. The van der Waals surface area contributed by atoms with Crippen molar-refractivity contribution in [1.82, 2.24) is 5.32 Å². The topological polar surface area (TPSA) is 29.1 Å². The normalized spacial score (nSPS) is 19.0. The number of hydrogen-bond acceptors (Lipinski definition) is 1. The third-order valence-electron chi connectivity index (χ3n) is 7.29. The maximum absolute atomic E-state index is 12.2. The highest BCUT2D eigenvalue weighted by atomic mass is 16.1. The van der Waals surface area contributed by atoms with Crippen LogP contribution in [0.3, 0.4) is 0 Å². The largest absolute Gasteiger partial charge is 0.352 e. The highest BCUT2D eigenvalue weighted by molar-refractivity contribution is 5.94. The number of amides is 1. The number of carbonyl (C=O) groups excluding carboxylic acids is 1. The van der Waals surface area contributed by atoms with E-state index < -0.39 is 0 Å². The van der Waals surface area contributed by atoms with E-state index in [2.05, 4.69) is 65.1 Å². The third-order valence-corrected chi connectivity index (χ3v) is 7.29. The van der Waals surface area contributed by atoms with E-state index in [1.54, 1.807) is 0 Å². The van der Waals surface area contributed by atoms with Gasteiger partial charge in [0.2, 0.25) is 0 Å². The van der Waals surface area contributed by atoms with Crippen LogP contribution in [0.2, 0.25) is 0 Å². The minimum atomic E-state index is -0.00523. The first-order chi connectivity index (χ1) is 12.1. The molecule has 2 nitrogen and oxygen atoms in total. The fourth-order valence-corrected chi connectivity index (χ4v) is 4.28. The Hall–Kier alpha value is -2.09. The lowest BCUT2D eigenvalue weighted by molar-refractivity contribution is 0.0954. The van der Waals surface area contributed by atoms with Crippen LogP contribution in [0, 0.1) is 5.41 Å². The second-order valence-electron chi connectivity index (χ2n) is 9.13. The van der Waals surface area contributed by atoms with E-state index in [0.29, 0.717) is 12.1 Å². The average Bonchev–Trinajstić information content (AvgIpc) is 2.71. The van der Waals surface area contributed by atoms with Crippen LogP contribution in [0.25, 0.3) is 0 Å². The van der Waals surface area contributed by atoms with Gasteiger partial charge in [0.05, 0.1) is 0 Å². The molecule has 0 fully saturated rings. The van der Waals surface area contributed by atoms with Gasteiger partial charge in [0.1, 0.15) is 0 Å². The van der Waals surface area contributed by atoms with Crippen LogP contribution in [-0.4, -0.2) is 12.5 Å². The quantitative estimate of drug-likeness (QED) is 0.802. The van der Waals surface area contributed by atoms with Gasteiger partial charge in [0.25, 0.3) is 5.91 Å². The van der Waals surface area contributed by atoms with E-state index in [-0.39, 0.29) is 22.2 Å². The van der Waals surface area contributed by atoms with E-state index in [1.165, 1.54) is 16.7 Å². The average molecular weight is 350 g/mol. The van der Waals surface area contributed by atoms with Gasteiger partial charge in [0.15, 0.2) is 0 Å². The molecule has 0 radical (unpaired) electrons. The summed E-state index contributed by atoms with van der Waals surface area (Å²) in [7, 11) is 0. The van der Waals surface area contributed by atoms with Crippen molar-refractivity contribution in [1.29, 1.82) is 0 Å². The van der Waals surface area contributed by atoms with Gasteiger partial charge in [0, 0.05) is 12.1 Å². The van der Waals surface area contributed by atoms with Gasteiger partial charge < -0.3 is 5.32 Å². The molecule has 0 aromatic heterocycles. The Morgan fingerprint density at radius 3 is 2.12 bits per heavy atom. The Kier molecular flexibility index (Phi) is 4.50. The van der Waals surface area contributed by atoms with E-state index in [4.69, 9.17) is 0 Å². The highest BCUT2D eigenvalue weighted by Gasteiger charge is 2.56. The second-order valence-corrected chi connectivity index (χ2v) is 9.13. The molecule has 0 aliphatic heterocycles. The van der Waals surface area contributed by atoms with Crippen LogP contribution in [0.15, 0.2) is 48.5 Å². The lowest BCUT2D eigenvalue weighted by Gasteiger charge is -2.44. The molecule has 0 spiro atoms. The third kappa shape index (κ3) is 2.76. The van der Waals surface area contributed by atoms with Crippen molar-refractivity contribution >= 4 is 5.91 Å². The Balaban J connectivity index is 1.74. The number of hydrogen-bond donors (Lipinski definition) is 1. The lowest BCUT2D eigenvalue weighted by Crippen LogP contribution is -2.42. The molecular weight excluding hydrogens is 318 g/mol. The number of rotatable bonds is 4. The summed E-state index contributed by atoms with van der Waals surface area (Å²) in [6, 6.07) is 16.3. The van der Waals surface area contributed by atoms with Crippen molar-refractivity contribution < 1.29 is 4.79 Å². The summed E-state index contributed by atoms with van der Waals surface area (Å²) in [5, 5.41) is 3.03. The van der Waals surface area contributed by atoms with Gasteiger partial charge in [-0.1, -0.05) is 77.9 Å². The molecule has 0 bridgehead atoms. The minimum absolute atomic E-state index is 0.00523. The van der Waals surface area contributed by atoms with Gasteiger partial charge >= 0.3 is 0 Å². The first kappa shape index (κ1) is 18.7. The van der Waals surface area contributed by atoms with Crippen LogP contribution < -0.4 is 5.32 Å². The molecular formula is C24H31NO. The Morgan fingerprint density at radius 1 is 0.846 bits per heavy atom. The van der Waals surface area contributed by atoms with Gasteiger partial charge in [-0.3, -0.25) is 4.79 Å². The summed E-state index contributed by atoms with van der Waals surface area (Å²) in [5.74, 6) is -0.00523. The van der Waals surface area contributed by atoms with Crippen molar-refractivity contribution in [2.45, 2.75) is 58.8 Å². The van der Waals surface area contributed by atoms with Crippen molar-refractivity contribution in [2.24, 2.45) is 5.41 Å². The summed E-state index contributed by atoms with van der Waals surface area (Å²) in [6.07, 6.45) is 0.850. The summed E-state index contributed by atoms with van der Waals surface area (Å²) >= 11 is 0. The van der Waals surface area contributed by atoms with Crippen molar-refractivity contribution in [3.05, 3.63) is 70.8 Å². The molecule has 0 heterocycles. The van der Waals surface area contributed by atoms with Crippen LogP contribution >= 0.6 is 0 Å². The van der Waals surface area contributed by atoms with Crippen LogP contribution in [-0.2, 0) is 17.3 Å². The zero-order valence-electron chi connectivity index (χ0n) is 16.9. The van der Waals surface area contributed by atoms with Crippen LogP contribution in [0.1, 0.15) is 68.6 Å². The molecule has 0 saturated heterocycles. The van der Waals surface area contributed by atoms with Crippen LogP contribution in [0.5, 0.6) is 0 Å². The minimum Gasteiger partial charge on any atom is -0.352 e. The molecule has 0 saturated carbocycles. The molecule has 26 heavy (non-hydrogen) atoms. The molecule has 3 rings (SSSR count). The predicted octanol–water partition coefficient (Wildman–Crippen LogP) is 5.25. The van der Waals surface area contributed by atoms with Gasteiger partial charge in [-0.25, -0.2) is 0 Å². The Bertz CT molecular complexity index is 815. The first-order valence-electron chi connectivity index (χ1n) is 9.56. The van der Waals surface area contributed by atoms with Gasteiger partial charge in [-0.15, -0.1) is 0 Å². The molecule has 1 amide bonds. The molecule has 1 aliphatic carbocycles. The Labute approximate surface area is 158 Å². The fraction of sp³-hybridized carbons (Fsp3) is 0.458. The van der Waals surface area contributed by atoms with Crippen molar-refractivity contribution in [3.63, 3.8) is 0 Å². The highest BCUT2D eigenvalue weighted by Crippen LogP contribution is 2.61. The maximum Gasteiger partial charge on any atom is 0.251 e. The number of fused-ring (bicyclic) bond motifs is 1. The lowest BCUT2D eigenvalue weighted by atomic mass is 9.59. The smallest absolute Gasteiger partial charge is 0.251 e. The molecule has 1 aliphatic rings. The van der Waals surface area contributed by atoms with E-state index >= 15 is 0 Å². The zero-order valence-corrected chi connectivity index (χ0v) is 16.9. The van der Waals surface area contributed by atoms with Crippen molar-refractivity contribution in [2.75, 3.05) is 6.54 Å². The monoisotopic (exact) mass is 349 g/mol. The number of carbonyl (C=O) groups is 1. The first-order valence-corrected chi connectivity index (χ1v) is 9.56. The summed E-state index contributed by atoms with van der Waals surface area (Å²) in [4.78, 5) is 12.2. The number of benzene rings is 2. The molecule has 138 valence electrons. The predicted molar refractivity (Wildman–Crippen MR) is 109 cm³/mol. The molecule has 2 aromatic rings. The fourth-order valence-electron chi connectivity index (χ4n) is 4.28. The van der Waals surface area contributed by atoms with E-state index in [9.17, 15) is 4.79 Å². The summed E-state index contributed by atoms with van der Waals surface area (Å²) in [6.45, 7) is 14.9. The number of nitrogens with one attached hydrogen (secondary N) is 1. The zero-order chi connectivity index (χ0) is 19.2. The van der Waals surface area contributed by atoms with Crippen LogP contribution in [0.4, 0.5) is 0 Å². The molecule has 1 N–H and O–H groups in total. The molecule has 0 unspecified atom stereocenters. The van der Waals surface area contributed by atoms with E-state index in [1.807, 2.05) is 30.3 Å².